The van der Waals surface area contributed by atoms with Crippen LogP contribution in [0.5, 0.6) is 5.75 Å². The van der Waals surface area contributed by atoms with E-state index in [-0.39, 0.29) is 34.2 Å². The third-order valence-electron chi connectivity index (χ3n) is 5.40. The average molecular weight is 539 g/mol. The maximum Gasteiger partial charge on any atom is 0.343 e. The van der Waals surface area contributed by atoms with Gasteiger partial charge < -0.3 is 14.8 Å². The monoisotopic (exact) mass is 538 g/mol. The minimum Gasteiger partial charge on any atom is -0.462 e. The molecule has 37 heavy (non-hydrogen) atoms. The number of carbonyl (C=O) groups is 4. The first-order valence-corrected chi connectivity index (χ1v) is 11.9. The van der Waals surface area contributed by atoms with Gasteiger partial charge in [-0.15, -0.1) is 0 Å². The zero-order chi connectivity index (χ0) is 26.7. The van der Waals surface area contributed by atoms with Gasteiger partial charge >= 0.3 is 11.9 Å². The summed E-state index contributed by atoms with van der Waals surface area (Å²) in [5.41, 5.74) is 1.31. The molecule has 3 aromatic rings. The number of anilines is 2. The summed E-state index contributed by atoms with van der Waals surface area (Å²) in [5.74, 6) is -2.40. The van der Waals surface area contributed by atoms with E-state index in [2.05, 4.69) is 5.32 Å². The van der Waals surface area contributed by atoms with Gasteiger partial charge in [-0.25, -0.2) is 14.5 Å². The lowest BCUT2D eigenvalue weighted by atomic mass is 10.1. The van der Waals surface area contributed by atoms with Crippen molar-refractivity contribution in [2.24, 2.45) is 0 Å². The summed E-state index contributed by atoms with van der Waals surface area (Å²) in [6.07, 6.45) is 0. The molecule has 0 atom stereocenters. The number of halogens is 2. The molecule has 3 aromatic carbocycles. The van der Waals surface area contributed by atoms with E-state index < -0.39 is 23.8 Å². The second-order valence-corrected chi connectivity index (χ2v) is 8.69. The maximum atomic E-state index is 13.2. The first-order valence-electron chi connectivity index (χ1n) is 11.1. The molecule has 8 nitrogen and oxygen atoms in total. The Morgan fingerprint density at radius 2 is 1.62 bits per heavy atom. The fraction of sp³-hybridized carbons (Fsp3) is 0.111. The quantitative estimate of drug-likeness (QED) is 0.241. The van der Waals surface area contributed by atoms with Crippen molar-refractivity contribution in [2.45, 2.75) is 13.8 Å². The molecule has 1 aliphatic rings. The Morgan fingerprint density at radius 3 is 2.30 bits per heavy atom. The molecular formula is C27H20Cl2N2O6. The summed E-state index contributed by atoms with van der Waals surface area (Å²) in [6.45, 7) is 3.55. The molecule has 2 amide bonds. The predicted molar refractivity (Wildman–Crippen MR) is 139 cm³/mol. The van der Waals surface area contributed by atoms with Crippen molar-refractivity contribution in [3.63, 3.8) is 0 Å². The van der Waals surface area contributed by atoms with Crippen LogP contribution >= 0.6 is 23.2 Å². The molecule has 0 saturated carbocycles. The number of aryl methyl sites for hydroxylation is 1. The number of rotatable bonds is 7. The van der Waals surface area contributed by atoms with Gasteiger partial charge in [-0.1, -0.05) is 35.3 Å². The molecule has 188 valence electrons. The minimum atomic E-state index is -0.788. The summed E-state index contributed by atoms with van der Waals surface area (Å²) < 4.78 is 10.5. The normalized spacial score (nSPS) is 13.1. The third kappa shape index (κ3) is 5.35. The van der Waals surface area contributed by atoms with Gasteiger partial charge in [0.05, 0.1) is 23.4 Å². The molecule has 0 radical (unpaired) electrons. The molecule has 0 spiro atoms. The molecule has 0 aromatic heterocycles. The van der Waals surface area contributed by atoms with Crippen LogP contribution in [-0.2, 0) is 14.3 Å². The number of ether oxygens (including phenoxy) is 2. The highest BCUT2D eigenvalue weighted by atomic mass is 35.5. The molecule has 0 fully saturated rings. The van der Waals surface area contributed by atoms with Crippen LogP contribution in [0.1, 0.15) is 33.2 Å². The standard InChI is InChI=1S/C27H20Cl2N2O6/c1-3-36-27(35)19-6-4-5-7-20(19)31-24(32)22(29)23(25(31)33)30-18-11-8-16(9-12-18)26(34)37-21-13-10-17(28)14-15(21)2/h4-14,30H,3H2,1-2H3. The van der Waals surface area contributed by atoms with Crippen LogP contribution in [0.2, 0.25) is 5.02 Å². The molecule has 10 heteroatoms. The van der Waals surface area contributed by atoms with Crippen molar-refractivity contribution in [1.82, 2.24) is 0 Å². The molecule has 1 N–H and O–H groups in total. The van der Waals surface area contributed by atoms with Crippen LogP contribution in [0.15, 0.2) is 77.5 Å². The molecule has 1 aliphatic heterocycles. The third-order valence-corrected chi connectivity index (χ3v) is 5.98. The highest BCUT2D eigenvalue weighted by Gasteiger charge is 2.40. The Hall–Kier alpha value is -4.14. The van der Waals surface area contributed by atoms with Crippen LogP contribution in [-0.4, -0.2) is 30.4 Å². The first kappa shape index (κ1) is 25.9. The molecule has 0 bridgehead atoms. The smallest absolute Gasteiger partial charge is 0.343 e. The van der Waals surface area contributed by atoms with Crippen molar-refractivity contribution >= 4 is 58.3 Å². The fourth-order valence-corrected chi connectivity index (χ4v) is 4.04. The number of nitrogens with one attached hydrogen (secondary N) is 1. The van der Waals surface area contributed by atoms with Crippen LogP contribution < -0.4 is 15.0 Å². The van der Waals surface area contributed by atoms with Crippen LogP contribution in [0.25, 0.3) is 0 Å². The highest BCUT2D eigenvalue weighted by Crippen LogP contribution is 2.32. The number of amides is 2. The number of carbonyl (C=O) groups excluding carboxylic acids is 4. The maximum absolute atomic E-state index is 13.2. The molecule has 1 heterocycles. The Morgan fingerprint density at radius 1 is 0.919 bits per heavy atom. The van der Waals surface area contributed by atoms with E-state index in [1.54, 1.807) is 44.2 Å². The van der Waals surface area contributed by atoms with Gasteiger partial charge in [0.1, 0.15) is 16.5 Å². The second kappa shape index (κ2) is 10.9. The highest BCUT2D eigenvalue weighted by molar-refractivity contribution is 6.53. The average Bonchev–Trinajstić information content (AvgIpc) is 3.09. The van der Waals surface area contributed by atoms with Gasteiger partial charge in [-0.3, -0.25) is 9.59 Å². The van der Waals surface area contributed by atoms with E-state index in [0.717, 1.165) is 4.90 Å². The number of imide groups is 1. The second-order valence-electron chi connectivity index (χ2n) is 7.87. The predicted octanol–water partition coefficient (Wildman–Crippen LogP) is 5.48. The van der Waals surface area contributed by atoms with Gasteiger partial charge in [-0.2, -0.15) is 0 Å². The molecule has 4 rings (SSSR count). The number of benzene rings is 3. The van der Waals surface area contributed by atoms with E-state index in [0.29, 0.717) is 22.0 Å². The summed E-state index contributed by atoms with van der Waals surface area (Å²) >= 11 is 12.2. The Labute approximate surface area is 222 Å². The van der Waals surface area contributed by atoms with E-state index in [1.165, 1.54) is 36.4 Å². The number of nitrogens with zero attached hydrogens (tertiary/aromatic N) is 1. The topological polar surface area (TPSA) is 102 Å². The Kier molecular flexibility index (Phi) is 7.61. The first-order chi connectivity index (χ1) is 17.7. The molecular weight excluding hydrogens is 519 g/mol. The molecule has 0 saturated heterocycles. The number of hydrogen-bond acceptors (Lipinski definition) is 7. The van der Waals surface area contributed by atoms with Crippen molar-refractivity contribution in [3.05, 3.63) is 99.2 Å². The van der Waals surface area contributed by atoms with Crippen molar-refractivity contribution in [3.8, 4) is 5.75 Å². The zero-order valence-corrected chi connectivity index (χ0v) is 21.2. The number of hydrogen-bond donors (Lipinski definition) is 1. The SMILES string of the molecule is CCOC(=O)c1ccccc1N1C(=O)C(Cl)=C(Nc2ccc(C(=O)Oc3ccc(Cl)cc3C)cc2)C1=O. The van der Waals surface area contributed by atoms with Gasteiger partial charge in [0, 0.05) is 10.7 Å². The van der Waals surface area contributed by atoms with E-state index in [1.807, 2.05) is 0 Å². The van der Waals surface area contributed by atoms with Crippen LogP contribution in [0.4, 0.5) is 11.4 Å². The number of esters is 2. The van der Waals surface area contributed by atoms with Gasteiger partial charge in [-0.05, 0) is 74.0 Å². The lowest BCUT2D eigenvalue weighted by Crippen LogP contribution is -2.33. The molecule has 0 aliphatic carbocycles. The number of para-hydroxylation sites is 1. The van der Waals surface area contributed by atoms with Gasteiger partial charge in [0.25, 0.3) is 11.8 Å². The van der Waals surface area contributed by atoms with Crippen LogP contribution in [0.3, 0.4) is 0 Å². The fourth-order valence-electron chi connectivity index (χ4n) is 3.60. The summed E-state index contributed by atoms with van der Waals surface area (Å²) in [4.78, 5) is 51.7. The Bertz CT molecular complexity index is 1450. The van der Waals surface area contributed by atoms with Crippen LogP contribution in [0, 0.1) is 6.92 Å². The lowest BCUT2D eigenvalue weighted by molar-refractivity contribution is -0.120. The van der Waals surface area contributed by atoms with E-state index >= 15 is 0 Å². The summed E-state index contributed by atoms with van der Waals surface area (Å²) in [7, 11) is 0. The van der Waals surface area contributed by atoms with Crippen molar-refractivity contribution in [2.75, 3.05) is 16.8 Å². The van der Waals surface area contributed by atoms with Gasteiger partial charge in [0.15, 0.2) is 0 Å². The summed E-state index contributed by atoms with van der Waals surface area (Å²) in [6, 6.07) is 17.1. The Balaban J connectivity index is 1.51. The summed E-state index contributed by atoms with van der Waals surface area (Å²) in [5, 5.41) is 3.02. The largest absolute Gasteiger partial charge is 0.462 e. The zero-order valence-electron chi connectivity index (χ0n) is 19.7. The van der Waals surface area contributed by atoms with Crippen molar-refractivity contribution in [1.29, 1.82) is 0 Å². The minimum absolute atomic E-state index is 0.0514. The van der Waals surface area contributed by atoms with E-state index in [9.17, 15) is 19.2 Å². The van der Waals surface area contributed by atoms with Crippen molar-refractivity contribution < 1.29 is 28.7 Å². The lowest BCUT2D eigenvalue weighted by Gasteiger charge is -2.18. The molecule has 0 unspecified atom stereocenters. The van der Waals surface area contributed by atoms with E-state index in [4.69, 9.17) is 32.7 Å². The van der Waals surface area contributed by atoms with Gasteiger partial charge in [0.2, 0.25) is 0 Å².